The number of hydrogen-bond donors (Lipinski definition) is 1. The number of likely N-dealkylation sites (tertiary alicyclic amines) is 1. The van der Waals surface area contributed by atoms with E-state index in [4.69, 9.17) is 4.74 Å². The molecule has 2 aromatic rings. The van der Waals surface area contributed by atoms with Crippen molar-refractivity contribution in [2.24, 2.45) is 5.92 Å². The molecule has 3 rings (SSSR count). The summed E-state index contributed by atoms with van der Waals surface area (Å²) in [6.45, 7) is 5.29. The molecule has 2 heterocycles. The minimum atomic E-state index is 0.110. The van der Waals surface area contributed by atoms with E-state index in [-0.39, 0.29) is 5.91 Å². The molecule has 23 heavy (non-hydrogen) atoms. The van der Waals surface area contributed by atoms with Gasteiger partial charge in [0.15, 0.2) is 0 Å². The number of H-pyrrole nitrogens is 1. The number of rotatable bonds is 6. The van der Waals surface area contributed by atoms with Crippen molar-refractivity contribution in [2.75, 3.05) is 26.3 Å². The normalized spacial score (nSPS) is 17.6. The molecule has 1 aliphatic heterocycles. The van der Waals surface area contributed by atoms with E-state index in [1.54, 1.807) is 6.20 Å². The van der Waals surface area contributed by atoms with Crippen molar-refractivity contribution < 1.29 is 9.53 Å². The predicted molar refractivity (Wildman–Crippen MR) is 89.1 cm³/mol. The van der Waals surface area contributed by atoms with E-state index in [1.807, 2.05) is 35.2 Å². The highest BCUT2D eigenvalue weighted by molar-refractivity contribution is 5.94. The summed E-state index contributed by atoms with van der Waals surface area (Å²) in [5.74, 6) is 0.578. The summed E-state index contributed by atoms with van der Waals surface area (Å²) in [6.07, 6.45) is 3.79. The van der Waals surface area contributed by atoms with Crippen LogP contribution < -0.4 is 0 Å². The standard InChI is InChI=1S/C18H23N3O2/c1-2-11-23-13-14-8-10-21(12-14)18(22)16-5-3-15(4-6-16)17-7-9-19-20-17/h3-7,9,14H,2,8,10-13H2,1H3,(H,19,20)/t14-/m0/s1. The van der Waals surface area contributed by atoms with Gasteiger partial charge >= 0.3 is 0 Å². The van der Waals surface area contributed by atoms with Crippen molar-refractivity contribution in [3.05, 3.63) is 42.1 Å². The molecule has 5 nitrogen and oxygen atoms in total. The average molecular weight is 313 g/mol. The zero-order valence-corrected chi connectivity index (χ0v) is 13.5. The van der Waals surface area contributed by atoms with Crippen LogP contribution in [0.5, 0.6) is 0 Å². The lowest BCUT2D eigenvalue weighted by atomic mass is 10.1. The van der Waals surface area contributed by atoms with Gasteiger partial charge in [-0.15, -0.1) is 0 Å². The molecule has 122 valence electrons. The summed E-state index contributed by atoms with van der Waals surface area (Å²) in [4.78, 5) is 14.5. The molecule has 0 spiro atoms. The Kier molecular flexibility index (Phi) is 5.08. The van der Waals surface area contributed by atoms with Gasteiger partial charge in [0, 0.05) is 37.4 Å². The van der Waals surface area contributed by atoms with Gasteiger partial charge in [-0.25, -0.2) is 0 Å². The summed E-state index contributed by atoms with van der Waals surface area (Å²) >= 11 is 0. The molecule has 1 saturated heterocycles. The van der Waals surface area contributed by atoms with Gasteiger partial charge in [0.2, 0.25) is 0 Å². The highest BCUT2D eigenvalue weighted by Gasteiger charge is 2.26. The van der Waals surface area contributed by atoms with Gasteiger partial charge in [0.25, 0.3) is 5.91 Å². The number of hydrogen-bond acceptors (Lipinski definition) is 3. The second-order valence-electron chi connectivity index (χ2n) is 6.03. The molecule has 1 aliphatic rings. The molecule has 1 fully saturated rings. The Bertz CT molecular complexity index is 622. The van der Waals surface area contributed by atoms with E-state index in [0.717, 1.165) is 56.0 Å². The Morgan fingerprint density at radius 3 is 2.87 bits per heavy atom. The Morgan fingerprint density at radius 1 is 1.35 bits per heavy atom. The maximum absolute atomic E-state index is 12.6. The van der Waals surface area contributed by atoms with E-state index >= 15 is 0 Å². The number of benzene rings is 1. The molecular formula is C18H23N3O2. The SMILES string of the molecule is CCCOC[C@H]1CCN(C(=O)c2ccc(-c3ccn[nH]3)cc2)C1. The van der Waals surface area contributed by atoms with Crippen LogP contribution in [-0.4, -0.2) is 47.3 Å². The number of aromatic amines is 1. The minimum Gasteiger partial charge on any atom is -0.381 e. The molecule has 0 radical (unpaired) electrons. The Morgan fingerprint density at radius 2 is 2.17 bits per heavy atom. The van der Waals surface area contributed by atoms with Crippen molar-refractivity contribution in [1.82, 2.24) is 15.1 Å². The van der Waals surface area contributed by atoms with E-state index in [1.165, 1.54) is 0 Å². The number of ether oxygens (including phenoxy) is 1. The summed E-state index contributed by atoms with van der Waals surface area (Å²) < 4.78 is 5.61. The van der Waals surface area contributed by atoms with Gasteiger partial charge in [0.1, 0.15) is 0 Å². The lowest BCUT2D eigenvalue weighted by Crippen LogP contribution is -2.29. The Labute approximate surface area is 136 Å². The second-order valence-corrected chi connectivity index (χ2v) is 6.03. The van der Waals surface area contributed by atoms with Crippen LogP contribution in [-0.2, 0) is 4.74 Å². The van der Waals surface area contributed by atoms with Gasteiger partial charge in [-0.1, -0.05) is 19.1 Å². The fourth-order valence-corrected chi connectivity index (χ4v) is 2.94. The van der Waals surface area contributed by atoms with Crippen molar-refractivity contribution in [3.8, 4) is 11.3 Å². The third-order valence-electron chi connectivity index (χ3n) is 4.22. The number of nitrogens with one attached hydrogen (secondary N) is 1. The molecule has 0 aliphatic carbocycles. The van der Waals surface area contributed by atoms with Crippen LogP contribution in [0.4, 0.5) is 0 Å². The predicted octanol–water partition coefficient (Wildman–Crippen LogP) is 2.97. The summed E-state index contributed by atoms with van der Waals surface area (Å²) in [7, 11) is 0. The van der Waals surface area contributed by atoms with E-state index in [0.29, 0.717) is 5.92 Å². The molecule has 0 bridgehead atoms. The lowest BCUT2D eigenvalue weighted by Gasteiger charge is -2.17. The third-order valence-corrected chi connectivity index (χ3v) is 4.22. The van der Waals surface area contributed by atoms with Gasteiger partial charge < -0.3 is 9.64 Å². The van der Waals surface area contributed by atoms with Crippen LogP contribution in [0.15, 0.2) is 36.5 Å². The maximum Gasteiger partial charge on any atom is 0.253 e. The monoisotopic (exact) mass is 313 g/mol. The maximum atomic E-state index is 12.6. The van der Waals surface area contributed by atoms with E-state index in [9.17, 15) is 4.79 Å². The first-order valence-electron chi connectivity index (χ1n) is 8.24. The molecule has 1 N–H and O–H groups in total. The van der Waals surface area contributed by atoms with Crippen LogP contribution in [0.1, 0.15) is 30.1 Å². The van der Waals surface area contributed by atoms with Crippen LogP contribution in [0, 0.1) is 5.92 Å². The lowest BCUT2D eigenvalue weighted by molar-refractivity contribution is 0.0754. The molecule has 1 atom stereocenters. The smallest absolute Gasteiger partial charge is 0.253 e. The number of nitrogens with zero attached hydrogens (tertiary/aromatic N) is 2. The molecule has 1 aromatic carbocycles. The first-order chi connectivity index (χ1) is 11.3. The van der Waals surface area contributed by atoms with Crippen molar-refractivity contribution in [1.29, 1.82) is 0 Å². The largest absolute Gasteiger partial charge is 0.381 e. The molecule has 1 amide bonds. The highest BCUT2D eigenvalue weighted by Crippen LogP contribution is 2.21. The number of amides is 1. The molecule has 0 saturated carbocycles. The zero-order valence-electron chi connectivity index (χ0n) is 13.5. The summed E-state index contributed by atoms with van der Waals surface area (Å²) in [6, 6.07) is 9.61. The summed E-state index contributed by atoms with van der Waals surface area (Å²) in [5.41, 5.74) is 2.73. The third kappa shape index (κ3) is 3.79. The van der Waals surface area contributed by atoms with E-state index in [2.05, 4.69) is 17.1 Å². The topological polar surface area (TPSA) is 58.2 Å². The Balaban J connectivity index is 1.58. The highest BCUT2D eigenvalue weighted by atomic mass is 16.5. The number of aromatic nitrogens is 2. The van der Waals surface area contributed by atoms with Crippen molar-refractivity contribution in [2.45, 2.75) is 19.8 Å². The first kappa shape index (κ1) is 15.7. The van der Waals surface area contributed by atoms with Crippen molar-refractivity contribution in [3.63, 3.8) is 0 Å². The quantitative estimate of drug-likeness (QED) is 0.834. The van der Waals surface area contributed by atoms with Crippen LogP contribution >= 0.6 is 0 Å². The minimum absolute atomic E-state index is 0.110. The van der Waals surface area contributed by atoms with Gasteiger partial charge in [-0.2, -0.15) is 5.10 Å². The van der Waals surface area contributed by atoms with E-state index < -0.39 is 0 Å². The Hall–Kier alpha value is -2.14. The zero-order chi connectivity index (χ0) is 16.1. The fourth-order valence-electron chi connectivity index (χ4n) is 2.94. The van der Waals surface area contributed by atoms with Crippen LogP contribution in [0.2, 0.25) is 0 Å². The van der Waals surface area contributed by atoms with Crippen LogP contribution in [0.3, 0.4) is 0 Å². The first-order valence-corrected chi connectivity index (χ1v) is 8.24. The number of carbonyl (C=O) groups is 1. The molecule has 0 unspecified atom stereocenters. The van der Waals surface area contributed by atoms with Gasteiger partial charge in [0.05, 0.1) is 12.3 Å². The van der Waals surface area contributed by atoms with Crippen LogP contribution in [0.25, 0.3) is 11.3 Å². The summed E-state index contributed by atoms with van der Waals surface area (Å²) in [5, 5.41) is 6.87. The van der Waals surface area contributed by atoms with Gasteiger partial charge in [-0.05, 0) is 36.6 Å². The molecular weight excluding hydrogens is 290 g/mol. The number of carbonyl (C=O) groups excluding carboxylic acids is 1. The second kappa shape index (κ2) is 7.42. The van der Waals surface area contributed by atoms with Crippen molar-refractivity contribution >= 4 is 5.91 Å². The van der Waals surface area contributed by atoms with Gasteiger partial charge in [-0.3, -0.25) is 9.89 Å². The average Bonchev–Trinajstić information content (AvgIpc) is 3.27. The fraction of sp³-hybridized carbons (Fsp3) is 0.444. The molecule has 5 heteroatoms. The molecule has 1 aromatic heterocycles.